The van der Waals surface area contributed by atoms with Crippen LogP contribution in [-0.2, 0) is 4.79 Å². The molecule has 0 radical (unpaired) electrons. The zero-order chi connectivity index (χ0) is 18.0. The van der Waals surface area contributed by atoms with Crippen molar-refractivity contribution in [3.8, 4) is 0 Å². The van der Waals surface area contributed by atoms with Gasteiger partial charge in [-0.3, -0.25) is 15.0 Å². The third-order valence-corrected chi connectivity index (χ3v) is 6.62. The van der Waals surface area contributed by atoms with Crippen molar-refractivity contribution >= 4 is 11.9 Å². The Morgan fingerprint density at radius 2 is 2.00 bits per heavy atom. The van der Waals surface area contributed by atoms with Crippen LogP contribution in [-0.4, -0.2) is 67.6 Å². The van der Waals surface area contributed by atoms with Crippen LogP contribution >= 0.6 is 0 Å². The molecule has 0 aromatic heterocycles. The fourth-order valence-corrected chi connectivity index (χ4v) is 5.22. The van der Waals surface area contributed by atoms with Crippen molar-refractivity contribution in [2.24, 2.45) is 17.8 Å². The molecule has 1 heterocycles. The van der Waals surface area contributed by atoms with E-state index in [1.54, 1.807) is 0 Å². The fourth-order valence-electron chi connectivity index (χ4n) is 5.22. The average molecular weight is 351 g/mol. The molecule has 2 aliphatic carbocycles. The maximum absolute atomic E-state index is 12.2. The molecule has 3 rings (SSSR count). The van der Waals surface area contributed by atoms with E-state index in [2.05, 4.69) is 41.5 Å². The number of likely N-dealkylation sites (N-methyl/N-ethyl adjacent to an activating group) is 1. The van der Waals surface area contributed by atoms with Gasteiger partial charge in [0.25, 0.3) is 0 Å². The van der Waals surface area contributed by atoms with Crippen LogP contribution in [0.4, 0.5) is 4.79 Å². The van der Waals surface area contributed by atoms with Crippen LogP contribution in [0.25, 0.3) is 0 Å². The first-order valence-electron chi connectivity index (χ1n) is 9.91. The molecule has 3 amide bonds. The molecular formula is C19H34N4O2. The van der Waals surface area contributed by atoms with Crippen molar-refractivity contribution < 1.29 is 9.59 Å². The number of carbonyl (C=O) groups excluding carboxylic acids is 2. The van der Waals surface area contributed by atoms with Crippen molar-refractivity contribution in [1.29, 1.82) is 0 Å². The number of amides is 3. The molecule has 3 fully saturated rings. The van der Waals surface area contributed by atoms with Gasteiger partial charge in [-0.15, -0.1) is 0 Å². The highest BCUT2D eigenvalue weighted by atomic mass is 16.2. The molecule has 6 heteroatoms. The third kappa shape index (κ3) is 4.73. The molecule has 1 aliphatic heterocycles. The first-order valence-corrected chi connectivity index (χ1v) is 9.91. The second kappa shape index (κ2) is 8.04. The Kier molecular flexibility index (Phi) is 6.00. The van der Waals surface area contributed by atoms with E-state index in [0.29, 0.717) is 18.5 Å². The number of carbonyl (C=O) groups is 2. The molecule has 2 saturated carbocycles. The van der Waals surface area contributed by atoms with E-state index >= 15 is 0 Å². The number of piperidine rings is 1. The Balaban J connectivity index is 1.39. The molecule has 0 aromatic carbocycles. The first-order chi connectivity index (χ1) is 11.9. The minimum absolute atomic E-state index is 0.149. The van der Waals surface area contributed by atoms with Crippen LogP contribution in [0.1, 0.15) is 45.4 Å². The quantitative estimate of drug-likeness (QED) is 0.792. The summed E-state index contributed by atoms with van der Waals surface area (Å²) in [7, 11) is 4.16. The average Bonchev–Trinajstić information content (AvgIpc) is 3.17. The second-order valence-corrected chi connectivity index (χ2v) is 8.64. The normalized spacial score (nSPS) is 33.4. The Bertz CT molecular complexity index is 496. The van der Waals surface area contributed by atoms with Crippen molar-refractivity contribution in [2.75, 3.05) is 33.7 Å². The van der Waals surface area contributed by atoms with Gasteiger partial charge in [0.05, 0.1) is 6.54 Å². The van der Waals surface area contributed by atoms with Gasteiger partial charge in [-0.2, -0.15) is 0 Å². The standard InChI is InChI=1S/C19H34N4O2/c1-13(17-10-14-6-7-15(17)9-14)20-19(25)21-18(24)12-23-8-4-5-16(11-23)22(2)3/h13-17H,4-12H2,1-3H3,(H2,20,21,24,25). The summed E-state index contributed by atoms with van der Waals surface area (Å²) in [5.74, 6) is 2.03. The zero-order valence-electron chi connectivity index (χ0n) is 16.0. The van der Waals surface area contributed by atoms with Gasteiger partial charge >= 0.3 is 6.03 Å². The second-order valence-electron chi connectivity index (χ2n) is 8.64. The van der Waals surface area contributed by atoms with Crippen molar-refractivity contribution in [1.82, 2.24) is 20.4 Å². The lowest BCUT2D eigenvalue weighted by Crippen LogP contribution is -2.51. The minimum Gasteiger partial charge on any atom is -0.335 e. The molecule has 0 aromatic rings. The van der Waals surface area contributed by atoms with Gasteiger partial charge < -0.3 is 10.2 Å². The van der Waals surface area contributed by atoms with Crippen LogP contribution in [0.2, 0.25) is 0 Å². The summed E-state index contributed by atoms with van der Waals surface area (Å²) in [6.45, 7) is 4.21. The SMILES string of the molecule is CC(NC(=O)NC(=O)CN1CCCC(N(C)C)C1)C1CC2CCC1C2. The summed E-state index contributed by atoms with van der Waals surface area (Å²) in [6, 6.07) is 0.311. The number of hydrogen-bond donors (Lipinski definition) is 2. The lowest BCUT2D eigenvalue weighted by Gasteiger charge is -2.35. The van der Waals surface area contributed by atoms with Crippen LogP contribution in [0.5, 0.6) is 0 Å². The van der Waals surface area contributed by atoms with Gasteiger partial charge in [0.15, 0.2) is 0 Å². The molecule has 2 bridgehead atoms. The summed E-state index contributed by atoms with van der Waals surface area (Å²) in [5, 5.41) is 5.53. The van der Waals surface area contributed by atoms with Gasteiger partial charge in [-0.1, -0.05) is 6.42 Å². The van der Waals surface area contributed by atoms with Gasteiger partial charge in [0.2, 0.25) is 5.91 Å². The molecule has 0 spiro atoms. The van der Waals surface area contributed by atoms with E-state index in [1.807, 2.05) is 0 Å². The largest absolute Gasteiger partial charge is 0.335 e. The van der Waals surface area contributed by atoms with Crippen molar-refractivity contribution in [2.45, 2.75) is 57.5 Å². The van der Waals surface area contributed by atoms with E-state index in [-0.39, 0.29) is 18.0 Å². The molecule has 6 nitrogen and oxygen atoms in total. The molecule has 25 heavy (non-hydrogen) atoms. The lowest BCUT2D eigenvalue weighted by atomic mass is 9.84. The monoisotopic (exact) mass is 350 g/mol. The molecule has 142 valence electrons. The summed E-state index contributed by atoms with van der Waals surface area (Å²) >= 11 is 0. The third-order valence-electron chi connectivity index (χ3n) is 6.62. The summed E-state index contributed by atoms with van der Waals surface area (Å²) in [6.07, 6.45) is 7.52. The van der Waals surface area contributed by atoms with Crippen LogP contribution in [0.15, 0.2) is 0 Å². The zero-order valence-corrected chi connectivity index (χ0v) is 16.0. The predicted molar refractivity (Wildman–Crippen MR) is 98.2 cm³/mol. The predicted octanol–water partition coefficient (Wildman–Crippen LogP) is 1.66. The number of hydrogen-bond acceptors (Lipinski definition) is 4. The van der Waals surface area contributed by atoms with Crippen molar-refractivity contribution in [3.05, 3.63) is 0 Å². The number of nitrogens with one attached hydrogen (secondary N) is 2. The summed E-state index contributed by atoms with van der Waals surface area (Å²) in [5.41, 5.74) is 0. The Morgan fingerprint density at radius 3 is 2.64 bits per heavy atom. The molecule has 1 saturated heterocycles. The Labute approximate surface area is 151 Å². The number of nitrogens with zero attached hydrogens (tertiary/aromatic N) is 2. The van der Waals surface area contributed by atoms with Gasteiger partial charge in [-0.25, -0.2) is 4.79 Å². The highest BCUT2D eigenvalue weighted by Gasteiger charge is 2.42. The number of imide groups is 1. The molecular weight excluding hydrogens is 316 g/mol. The smallest absolute Gasteiger partial charge is 0.321 e. The maximum Gasteiger partial charge on any atom is 0.321 e. The highest BCUT2D eigenvalue weighted by Crippen LogP contribution is 2.49. The lowest BCUT2D eigenvalue weighted by molar-refractivity contribution is -0.121. The summed E-state index contributed by atoms with van der Waals surface area (Å²) in [4.78, 5) is 28.7. The number of rotatable bonds is 5. The highest BCUT2D eigenvalue weighted by molar-refractivity contribution is 5.95. The van der Waals surface area contributed by atoms with Crippen molar-refractivity contribution in [3.63, 3.8) is 0 Å². The van der Waals surface area contributed by atoms with Crippen LogP contribution in [0, 0.1) is 17.8 Å². The molecule has 2 N–H and O–H groups in total. The first kappa shape index (κ1) is 18.6. The van der Waals surface area contributed by atoms with Gasteiger partial charge in [-0.05, 0) is 77.4 Å². The van der Waals surface area contributed by atoms with E-state index in [0.717, 1.165) is 31.3 Å². The van der Waals surface area contributed by atoms with Gasteiger partial charge in [0, 0.05) is 18.6 Å². The van der Waals surface area contributed by atoms with E-state index in [1.165, 1.54) is 32.1 Å². The maximum atomic E-state index is 12.2. The molecule has 5 atom stereocenters. The summed E-state index contributed by atoms with van der Waals surface area (Å²) < 4.78 is 0. The Morgan fingerprint density at radius 1 is 1.20 bits per heavy atom. The minimum atomic E-state index is -0.332. The van der Waals surface area contributed by atoms with Crippen LogP contribution in [0.3, 0.4) is 0 Å². The fraction of sp³-hybridized carbons (Fsp3) is 0.895. The number of likely N-dealkylation sites (tertiary alicyclic amines) is 1. The van der Waals surface area contributed by atoms with E-state index in [9.17, 15) is 9.59 Å². The van der Waals surface area contributed by atoms with Crippen LogP contribution < -0.4 is 10.6 Å². The Hall–Kier alpha value is -1.14. The number of fused-ring (bicyclic) bond motifs is 2. The molecule has 3 aliphatic rings. The topological polar surface area (TPSA) is 64.7 Å². The van der Waals surface area contributed by atoms with E-state index < -0.39 is 0 Å². The van der Waals surface area contributed by atoms with Gasteiger partial charge in [0.1, 0.15) is 0 Å². The number of urea groups is 1. The molecule has 5 unspecified atom stereocenters. The van der Waals surface area contributed by atoms with E-state index in [4.69, 9.17) is 0 Å².